The summed E-state index contributed by atoms with van der Waals surface area (Å²) in [6.45, 7) is 2.50. The molecule has 0 saturated carbocycles. The van der Waals surface area contributed by atoms with Crippen molar-refractivity contribution in [1.82, 2.24) is 0 Å². The Morgan fingerprint density at radius 1 is 1.50 bits per heavy atom. The Morgan fingerprint density at radius 3 is 2.86 bits per heavy atom. The van der Waals surface area contributed by atoms with Gasteiger partial charge < -0.3 is 15.2 Å². The third-order valence-electron chi connectivity index (χ3n) is 1.68. The van der Waals surface area contributed by atoms with Gasteiger partial charge in [-0.05, 0) is 35.0 Å². The van der Waals surface area contributed by atoms with E-state index in [0.29, 0.717) is 12.3 Å². The van der Waals surface area contributed by atoms with Crippen LogP contribution in [0.25, 0.3) is 0 Å². The highest BCUT2D eigenvalue weighted by atomic mass is 79.9. The highest BCUT2D eigenvalue weighted by Gasteiger charge is 2.06. The van der Waals surface area contributed by atoms with Crippen LogP contribution in [0.15, 0.2) is 22.7 Å². The van der Waals surface area contributed by atoms with E-state index < -0.39 is 0 Å². The Balaban J connectivity index is 2.70. The van der Waals surface area contributed by atoms with Gasteiger partial charge in [0.15, 0.2) is 0 Å². The van der Waals surface area contributed by atoms with Crippen LogP contribution >= 0.6 is 15.9 Å². The first-order valence-electron chi connectivity index (χ1n) is 4.34. The van der Waals surface area contributed by atoms with Crippen molar-refractivity contribution in [2.24, 2.45) is 0 Å². The van der Waals surface area contributed by atoms with Crippen LogP contribution < -0.4 is 10.5 Å². The van der Waals surface area contributed by atoms with Crippen molar-refractivity contribution in [3.63, 3.8) is 0 Å². The van der Waals surface area contributed by atoms with Gasteiger partial charge in [0.25, 0.3) is 0 Å². The summed E-state index contributed by atoms with van der Waals surface area (Å²) in [4.78, 5) is 0. The molecule has 14 heavy (non-hydrogen) atoms. The van der Waals surface area contributed by atoms with Gasteiger partial charge in [0.1, 0.15) is 11.9 Å². The third-order valence-corrected chi connectivity index (χ3v) is 2.34. The molecule has 0 aliphatic carbocycles. The zero-order valence-corrected chi connectivity index (χ0v) is 9.87. The molecule has 0 spiro atoms. The van der Waals surface area contributed by atoms with Crippen molar-refractivity contribution in [2.75, 3.05) is 19.5 Å². The van der Waals surface area contributed by atoms with Crippen molar-refractivity contribution in [3.8, 4) is 5.75 Å². The van der Waals surface area contributed by atoms with E-state index >= 15 is 0 Å². The summed E-state index contributed by atoms with van der Waals surface area (Å²) in [5.74, 6) is 0.745. The van der Waals surface area contributed by atoms with Gasteiger partial charge in [-0.2, -0.15) is 0 Å². The zero-order valence-electron chi connectivity index (χ0n) is 8.29. The highest BCUT2D eigenvalue weighted by Crippen LogP contribution is 2.27. The SMILES string of the molecule is COCC(C)Oc1cc(N)ccc1Br. The van der Waals surface area contributed by atoms with Crippen LogP contribution in [-0.4, -0.2) is 19.8 Å². The fourth-order valence-corrected chi connectivity index (χ4v) is 1.44. The van der Waals surface area contributed by atoms with Gasteiger partial charge in [0.05, 0.1) is 11.1 Å². The number of hydrogen-bond donors (Lipinski definition) is 1. The molecule has 0 radical (unpaired) electrons. The predicted molar refractivity (Wildman–Crippen MR) is 60.5 cm³/mol. The third kappa shape index (κ3) is 3.20. The van der Waals surface area contributed by atoms with Gasteiger partial charge in [-0.3, -0.25) is 0 Å². The molecule has 3 nitrogen and oxygen atoms in total. The molecule has 0 aromatic heterocycles. The van der Waals surface area contributed by atoms with Gasteiger partial charge in [-0.25, -0.2) is 0 Å². The number of anilines is 1. The van der Waals surface area contributed by atoms with E-state index in [0.717, 1.165) is 10.2 Å². The van der Waals surface area contributed by atoms with Crippen LogP contribution in [-0.2, 0) is 4.74 Å². The smallest absolute Gasteiger partial charge is 0.136 e. The number of nitrogen functional groups attached to an aromatic ring is 1. The van der Waals surface area contributed by atoms with Crippen LogP contribution in [0.2, 0.25) is 0 Å². The largest absolute Gasteiger partial charge is 0.487 e. The average Bonchev–Trinajstić information content (AvgIpc) is 2.12. The summed E-state index contributed by atoms with van der Waals surface area (Å²) in [5.41, 5.74) is 6.33. The maximum atomic E-state index is 5.65. The Hall–Kier alpha value is -0.740. The number of methoxy groups -OCH3 is 1. The van der Waals surface area contributed by atoms with Crippen LogP contribution in [0.3, 0.4) is 0 Å². The lowest BCUT2D eigenvalue weighted by Crippen LogP contribution is -2.18. The van der Waals surface area contributed by atoms with E-state index in [1.54, 1.807) is 13.2 Å². The molecule has 1 aromatic carbocycles. The lowest BCUT2D eigenvalue weighted by molar-refractivity contribution is 0.0916. The van der Waals surface area contributed by atoms with Crippen molar-refractivity contribution >= 4 is 21.6 Å². The van der Waals surface area contributed by atoms with Crippen LogP contribution in [0.5, 0.6) is 5.75 Å². The monoisotopic (exact) mass is 259 g/mol. The molecule has 2 N–H and O–H groups in total. The molecule has 0 fully saturated rings. The maximum absolute atomic E-state index is 5.65. The maximum Gasteiger partial charge on any atom is 0.136 e. The summed E-state index contributed by atoms with van der Waals surface area (Å²) in [6, 6.07) is 5.47. The Labute approximate surface area is 92.3 Å². The quantitative estimate of drug-likeness (QED) is 0.845. The molecule has 78 valence electrons. The molecule has 0 bridgehead atoms. The minimum atomic E-state index is 0.0121. The number of ether oxygens (including phenoxy) is 2. The number of nitrogens with two attached hydrogens (primary N) is 1. The van der Waals surface area contributed by atoms with Crippen molar-refractivity contribution in [2.45, 2.75) is 13.0 Å². The first-order chi connectivity index (χ1) is 6.63. The first kappa shape index (κ1) is 11.3. The summed E-state index contributed by atoms with van der Waals surface area (Å²) in [6.07, 6.45) is 0.0121. The van der Waals surface area contributed by atoms with Crippen LogP contribution in [0.4, 0.5) is 5.69 Å². The molecule has 4 heteroatoms. The molecular weight excluding hydrogens is 246 g/mol. The lowest BCUT2D eigenvalue weighted by atomic mass is 10.3. The minimum Gasteiger partial charge on any atom is -0.487 e. The first-order valence-corrected chi connectivity index (χ1v) is 5.13. The van der Waals surface area contributed by atoms with Crippen LogP contribution in [0, 0.1) is 0 Å². The summed E-state index contributed by atoms with van der Waals surface area (Å²) >= 11 is 3.39. The molecule has 1 aromatic rings. The van der Waals surface area contributed by atoms with E-state index in [2.05, 4.69) is 15.9 Å². The number of hydrogen-bond acceptors (Lipinski definition) is 3. The van der Waals surface area contributed by atoms with Gasteiger partial charge in [-0.1, -0.05) is 0 Å². The van der Waals surface area contributed by atoms with Crippen molar-refractivity contribution < 1.29 is 9.47 Å². The molecule has 0 heterocycles. The lowest BCUT2D eigenvalue weighted by Gasteiger charge is -2.15. The molecule has 0 aliphatic rings. The van der Waals surface area contributed by atoms with Crippen molar-refractivity contribution in [1.29, 1.82) is 0 Å². The molecular formula is C10H14BrNO2. The van der Waals surface area contributed by atoms with E-state index in [1.807, 2.05) is 19.1 Å². The average molecular weight is 260 g/mol. The van der Waals surface area contributed by atoms with Gasteiger partial charge in [0, 0.05) is 18.9 Å². The van der Waals surface area contributed by atoms with Crippen molar-refractivity contribution in [3.05, 3.63) is 22.7 Å². The fourth-order valence-electron chi connectivity index (χ4n) is 1.10. The predicted octanol–water partition coefficient (Wildman–Crippen LogP) is 2.45. The second kappa shape index (κ2) is 5.22. The van der Waals surface area contributed by atoms with E-state index in [4.69, 9.17) is 15.2 Å². The number of benzene rings is 1. The molecule has 1 atom stereocenters. The van der Waals surface area contributed by atoms with Gasteiger partial charge in [-0.15, -0.1) is 0 Å². The number of rotatable bonds is 4. The van der Waals surface area contributed by atoms with E-state index in [-0.39, 0.29) is 6.10 Å². The molecule has 0 aliphatic heterocycles. The topological polar surface area (TPSA) is 44.5 Å². The molecule has 1 unspecified atom stereocenters. The van der Waals surface area contributed by atoms with Crippen LogP contribution in [0.1, 0.15) is 6.92 Å². The normalized spacial score (nSPS) is 12.5. The van der Waals surface area contributed by atoms with E-state index in [1.165, 1.54) is 0 Å². The molecule has 0 amide bonds. The standard InChI is InChI=1S/C10H14BrNO2/c1-7(6-13-2)14-10-5-8(12)3-4-9(10)11/h3-5,7H,6,12H2,1-2H3. The zero-order chi connectivity index (χ0) is 10.6. The Morgan fingerprint density at radius 2 is 2.21 bits per heavy atom. The molecule has 0 saturated heterocycles. The van der Waals surface area contributed by atoms with Gasteiger partial charge >= 0.3 is 0 Å². The second-order valence-corrected chi connectivity index (χ2v) is 3.93. The van der Waals surface area contributed by atoms with Gasteiger partial charge in [0.2, 0.25) is 0 Å². The minimum absolute atomic E-state index is 0.0121. The van der Waals surface area contributed by atoms with E-state index in [9.17, 15) is 0 Å². The second-order valence-electron chi connectivity index (χ2n) is 3.07. The highest BCUT2D eigenvalue weighted by molar-refractivity contribution is 9.10. The molecule has 1 rings (SSSR count). The summed E-state index contributed by atoms with van der Waals surface area (Å²) < 4.78 is 11.5. The summed E-state index contributed by atoms with van der Waals surface area (Å²) in [5, 5.41) is 0. The fraction of sp³-hybridized carbons (Fsp3) is 0.400. The summed E-state index contributed by atoms with van der Waals surface area (Å²) in [7, 11) is 1.65. The Kier molecular flexibility index (Phi) is 4.22. The Bertz CT molecular complexity index is 304. The number of halogens is 1.